The maximum atomic E-state index is 4.40. The Balaban J connectivity index is 1.86. The number of anilines is 1. The second-order valence-electron chi connectivity index (χ2n) is 3.93. The van der Waals surface area contributed by atoms with Crippen molar-refractivity contribution >= 4 is 22.8 Å². The van der Waals surface area contributed by atoms with Crippen LogP contribution < -0.4 is 5.32 Å². The van der Waals surface area contributed by atoms with E-state index in [0.717, 1.165) is 28.0 Å². The highest BCUT2D eigenvalue weighted by molar-refractivity contribution is 7.09. The Bertz CT molecular complexity index is 686. The number of aromatic nitrogens is 5. The van der Waals surface area contributed by atoms with Gasteiger partial charge in [0.1, 0.15) is 5.82 Å². The monoisotopic (exact) mass is 260 g/mol. The summed E-state index contributed by atoms with van der Waals surface area (Å²) >= 11 is 1.64. The van der Waals surface area contributed by atoms with Crippen LogP contribution >= 0.6 is 11.3 Å². The van der Waals surface area contributed by atoms with Crippen molar-refractivity contribution in [1.82, 2.24) is 24.6 Å². The molecule has 7 heteroatoms. The summed E-state index contributed by atoms with van der Waals surface area (Å²) in [4.78, 5) is 8.68. The van der Waals surface area contributed by atoms with Gasteiger partial charge in [-0.05, 0) is 13.8 Å². The van der Waals surface area contributed by atoms with Gasteiger partial charge in [0.15, 0.2) is 5.82 Å². The largest absolute Gasteiger partial charge is 0.361 e. The summed E-state index contributed by atoms with van der Waals surface area (Å²) in [6.45, 7) is 4.55. The first-order chi connectivity index (χ1) is 8.74. The van der Waals surface area contributed by atoms with Crippen molar-refractivity contribution in [2.75, 3.05) is 5.32 Å². The minimum absolute atomic E-state index is 0.642. The molecule has 0 fully saturated rings. The van der Waals surface area contributed by atoms with Crippen LogP contribution in [0.4, 0.5) is 5.82 Å². The summed E-state index contributed by atoms with van der Waals surface area (Å²) in [7, 11) is 0. The van der Waals surface area contributed by atoms with E-state index in [1.165, 1.54) is 0 Å². The molecule has 0 bridgehead atoms. The Morgan fingerprint density at radius 1 is 1.33 bits per heavy atom. The third-order valence-electron chi connectivity index (χ3n) is 2.60. The van der Waals surface area contributed by atoms with Crippen molar-refractivity contribution in [3.63, 3.8) is 0 Å². The molecule has 3 aromatic rings. The van der Waals surface area contributed by atoms with Crippen LogP contribution in [0.3, 0.4) is 0 Å². The Morgan fingerprint density at radius 3 is 3.00 bits per heavy atom. The molecule has 0 saturated heterocycles. The van der Waals surface area contributed by atoms with E-state index < -0.39 is 0 Å². The molecule has 0 amide bonds. The topological polar surface area (TPSA) is 68.0 Å². The Hall–Kier alpha value is -2.02. The number of nitrogens with zero attached hydrogens (tertiary/aromatic N) is 5. The molecule has 1 N–H and O–H groups in total. The average molecular weight is 260 g/mol. The van der Waals surface area contributed by atoms with Crippen LogP contribution in [0.2, 0.25) is 0 Å². The van der Waals surface area contributed by atoms with Gasteiger partial charge < -0.3 is 5.32 Å². The molecule has 92 valence electrons. The van der Waals surface area contributed by atoms with E-state index in [4.69, 9.17) is 0 Å². The minimum Gasteiger partial charge on any atom is -0.361 e. The first kappa shape index (κ1) is 11.1. The lowest BCUT2D eigenvalue weighted by molar-refractivity contribution is 0.996. The zero-order valence-corrected chi connectivity index (χ0v) is 10.9. The van der Waals surface area contributed by atoms with E-state index in [-0.39, 0.29) is 0 Å². The number of thiazole rings is 1. The lowest BCUT2D eigenvalue weighted by Crippen LogP contribution is -2.04. The molecule has 0 spiro atoms. The standard InChI is InChI=1S/C11H12N6S/c1-7-15-16-11-10(12-3-4-17(7)11)13-5-9-6-18-8(2)14-9/h3-4,6H,5H2,1-2H3,(H,12,13). The Morgan fingerprint density at radius 2 is 2.22 bits per heavy atom. The molecule has 3 heterocycles. The van der Waals surface area contributed by atoms with Gasteiger partial charge in [0.2, 0.25) is 5.65 Å². The highest BCUT2D eigenvalue weighted by Crippen LogP contribution is 2.14. The van der Waals surface area contributed by atoms with Crippen molar-refractivity contribution < 1.29 is 0 Å². The van der Waals surface area contributed by atoms with Crippen LogP contribution in [0.15, 0.2) is 17.8 Å². The summed E-state index contributed by atoms with van der Waals surface area (Å²) < 4.78 is 1.90. The number of rotatable bonds is 3. The fourth-order valence-corrected chi connectivity index (χ4v) is 2.34. The number of fused-ring (bicyclic) bond motifs is 1. The number of aryl methyl sites for hydroxylation is 2. The zero-order chi connectivity index (χ0) is 12.5. The van der Waals surface area contributed by atoms with Gasteiger partial charge in [0, 0.05) is 17.8 Å². The van der Waals surface area contributed by atoms with Gasteiger partial charge in [-0.25, -0.2) is 9.97 Å². The van der Waals surface area contributed by atoms with Crippen LogP contribution in [0, 0.1) is 13.8 Å². The van der Waals surface area contributed by atoms with E-state index in [1.54, 1.807) is 17.5 Å². The Labute approximate surface area is 108 Å². The molecule has 0 radical (unpaired) electrons. The van der Waals surface area contributed by atoms with Crippen LogP contribution in [0.1, 0.15) is 16.5 Å². The molecule has 0 aromatic carbocycles. The first-order valence-corrected chi connectivity index (χ1v) is 6.43. The van der Waals surface area contributed by atoms with Gasteiger partial charge in [-0.3, -0.25) is 4.40 Å². The zero-order valence-electron chi connectivity index (χ0n) is 10.1. The van der Waals surface area contributed by atoms with Crippen molar-refractivity contribution in [3.05, 3.63) is 34.3 Å². The van der Waals surface area contributed by atoms with Gasteiger partial charge in [-0.15, -0.1) is 21.5 Å². The number of hydrogen-bond acceptors (Lipinski definition) is 6. The highest BCUT2D eigenvalue weighted by Gasteiger charge is 2.07. The molecule has 6 nitrogen and oxygen atoms in total. The summed E-state index contributed by atoms with van der Waals surface area (Å²) in [6, 6.07) is 0. The summed E-state index contributed by atoms with van der Waals surface area (Å²) in [5, 5.41) is 14.5. The molecule has 0 unspecified atom stereocenters. The van der Waals surface area contributed by atoms with Gasteiger partial charge in [-0.1, -0.05) is 0 Å². The third kappa shape index (κ3) is 1.92. The SMILES string of the molecule is Cc1nc(CNc2nccn3c(C)nnc23)cs1. The fourth-order valence-electron chi connectivity index (χ4n) is 1.73. The quantitative estimate of drug-likeness (QED) is 0.778. The van der Waals surface area contributed by atoms with Gasteiger partial charge in [0.05, 0.1) is 17.2 Å². The van der Waals surface area contributed by atoms with Crippen LogP contribution in [0.25, 0.3) is 5.65 Å². The van der Waals surface area contributed by atoms with Crippen molar-refractivity contribution in [3.8, 4) is 0 Å². The maximum absolute atomic E-state index is 4.40. The second kappa shape index (κ2) is 4.34. The predicted molar refractivity (Wildman–Crippen MR) is 69.7 cm³/mol. The lowest BCUT2D eigenvalue weighted by Gasteiger charge is -2.04. The van der Waals surface area contributed by atoms with E-state index in [0.29, 0.717) is 6.54 Å². The molecule has 0 saturated carbocycles. The van der Waals surface area contributed by atoms with Crippen molar-refractivity contribution in [2.24, 2.45) is 0 Å². The van der Waals surface area contributed by atoms with Gasteiger partial charge in [-0.2, -0.15) is 0 Å². The third-order valence-corrected chi connectivity index (χ3v) is 3.42. The van der Waals surface area contributed by atoms with Crippen LogP contribution in [0.5, 0.6) is 0 Å². The normalized spacial score (nSPS) is 11.0. The number of hydrogen-bond donors (Lipinski definition) is 1. The van der Waals surface area contributed by atoms with Crippen LogP contribution in [-0.4, -0.2) is 24.6 Å². The molecular weight excluding hydrogens is 248 g/mol. The molecule has 0 aliphatic heterocycles. The number of nitrogens with one attached hydrogen (secondary N) is 1. The average Bonchev–Trinajstić information content (AvgIpc) is 2.94. The van der Waals surface area contributed by atoms with Crippen LogP contribution in [-0.2, 0) is 6.54 Å². The van der Waals surface area contributed by atoms with Gasteiger partial charge in [0.25, 0.3) is 0 Å². The van der Waals surface area contributed by atoms with Gasteiger partial charge >= 0.3 is 0 Å². The second-order valence-corrected chi connectivity index (χ2v) is 4.99. The first-order valence-electron chi connectivity index (χ1n) is 5.55. The van der Waals surface area contributed by atoms with Crippen molar-refractivity contribution in [2.45, 2.75) is 20.4 Å². The van der Waals surface area contributed by atoms with E-state index in [2.05, 4.69) is 25.5 Å². The molecule has 0 aliphatic carbocycles. The summed E-state index contributed by atoms with van der Waals surface area (Å²) in [5.41, 5.74) is 1.75. The Kier molecular flexibility index (Phi) is 2.67. The smallest absolute Gasteiger partial charge is 0.203 e. The molecule has 3 aromatic heterocycles. The fraction of sp³-hybridized carbons (Fsp3) is 0.273. The maximum Gasteiger partial charge on any atom is 0.203 e. The lowest BCUT2D eigenvalue weighted by atomic mass is 10.4. The molecular formula is C11H12N6S. The summed E-state index contributed by atoms with van der Waals surface area (Å²) in [5.74, 6) is 1.57. The molecule has 0 aliphatic rings. The molecule has 3 rings (SSSR count). The highest BCUT2D eigenvalue weighted by atomic mass is 32.1. The predicted octanol–water partition coefficient (Wildman–Crippen LogP) is 1.81. The molecule has 18 heavy (non-hydrogen) atoms. The minimum atomic E-state index is 0.642. The molecule has 0 atom stereocenters. The summed E-state index contributed by atoms with van der Waals surface area (Å²) in [6.07, 6.45) is 3.58. The van der Waals surface area contributed by atoms with E-state index >= 15 is 0 Å². The van der Waals surface area contributed by atoms with E-state index in [9.17, 15) is 0 Å². The van der Waals surface area contributed by atoms with Crippen molar-refractivity contribution in [1.29, 1.82) is 0 Å². The van der Waals surface area contributed by atoms with E-state index in [1.807, 2.05) is 29.8 Å².